The molecule has 0 unspecified atom stereocenters. The number of benzene rings is 2. The van der Waals surface area contributed by atoms with E-state index in [1.165, 1.54) is 45.6 Å². The Kier molecular flexibility index (Phi) is 8.06. The van der Waals surface area contributed by atoms with Gasteiger partial charge in [-0.15, -0.1) is 5.10 Å². The molecule has 0 saturated carbocycles. The number of nitriles is 2. The van der Waals surface area contributed by atoms with Crippen LogP contribution in [0.25, 0.3) is 11.5 Å². The number of hydrogen-bond donors (Lipinski definition) is 1. The number of amides is 1. The number of ether oxygens (including phenoxy) is 3. The van der Waals surface area contributed by atoms with Crippen LogP contribution in [0.2, 0.25) is 0 Å². The summed E-state index contributed by atoms with van der Waals surface area (Å²) in [6.45, 7) is -0.965. The van der Waals surface area contributed by atoms with Gasteiger partial charge in [0.2, 0.25) is 21.7 Å². The Bertz CT molecular complexity index is 1400. The van der Waals surface area contributed by atoms with Crippen molar-refractivity contribution in [2.75, 3.05) is 39.7 Å². The van der Waals surface area contributed by atoms with Crippen LogP contribution in [0.4, 0.5) is 6.01 Å². The summed E-state index contributed by atoms with van der Waals surface area (Å²) >= 11 is 0. The minimum Gasteiger partial charge on any atom is -0.493 e. The Morgan fingerprint density at radius 3 is 2.08 bits per heavy atom. The Morgan fingerprint density at radius 1 is 1.00 bits per heavy atom. The van der Waals surface area contributed by atoms with Gasteiger partial charge in [-0.1, -0.05) is 5.10 Å². The van der Waals surface area contributed by atoms with Gasteiger partial charge in [0.25, 0.3) is 5.91 Å². The van der Waals surface area contributed by atoms with Crippen molar-refractivity contribution in [1.82, 2.24) is 14.5 Å². The summed E-state index contributed by atoms with van der Waals surface area (Å²) in [6, 6.07) is 11.3. The van der Waals surface area contributed by atoms with Gasteiger partial charge in [0.1, 0.15) is 13.1 Å². The number of anilines is 1. The molecular formula is C22H20N6O7S. The average Bonchev–Trinajstić information content (AvgIpc) is 3.36. The minimum atomic E-state index is -4.08. The monoisotopic (exact) mass is 512 g/mol. The zero-order valence-electron chi connectivity index (χ0n) is 19.4. The molecule has 186 valence electrons. The number of nitrogens with one attached hydrogen (secondary N) is 1. The summed E-state index contributed by atoms with van der Waals surface area (Å²) in [5.41, 5.74) is 0.556. The molecular weight excluding hydrogens is 492 g/mol. The highest BCUT2D eigenvalue weighted by Crippen LogP contribution is 2.41. The number of sulfonamides is 1. The largest absolute Gasteiger partial charge is 0.493 e. The van der Waals surface area contributed by atoms with Gasteiger partial charge >= 0.3 is 6.01 Å². The first-order valence-electron chi connectivity index (χ1n) is 10.1. The van der Waals surface area contributed by atoms with Gasteiger partial charge in [0, 0.05) is 11.1 Å². The highest BCUT2D eigenvalue weighted by molar-refractivity contribution is 7.89. The maximum absolute atomic E-state index is 12.6. The second-order valence-corrected chi connectivity index (χ2v) is 8.83. The number of nitrogens with zero attached hydrogens (tertiary/aromatic N) is 5. The maximum Gasteiger partial charge on any atom is 0.322 e. The normalized spacial score (nSPS) is 10.8. The van der Waals surface area contributed by atoms with Crippen LogP contribution in [-0.2, 0) is 10.0 Å². The van der Waals surface area contributed by atoms with E-state index in [2.05, 4.69) is 15.5 Å². The standard InChI is InChI=1S/C22H20N6O7S/c1-32-17-12-15(13-18(33-2)19(17)34-3)21-26-27-22(35-21)25-20(29)14-4-6-16(7-5-14)36(30,31)28(10-8-23)11-9-24/h4-7,12-13H,10-11H2,1-3H3,(H,25,27,29). The zero-order valence-corrected chi connectivity index (χ0v) is 20.2. The van der Waals surface area contributed by atoms with Crippen molar-refractivity contribution in [3.05, 3.63) is 42.0 Å². The molecule has 1 N–H and O–H groups in total. The van der Waals surface area contributed by atoms with Gasteiger partial charge in [-0.2, -0.15) is 14.8 Å². The van der Waals surface area contributed by atoms with Crippen molar-refractivity contribution in [3.63, 3.8) is 0 Å². The lowest BCUT2D eigenvalue weighted by atomic mass is 10.2. The molecule has 0 aliphatic rings. The first-order chi connectivity index (χ1) is 17.3. The second kappa shape index (κ2) is 11.2. The molecule has 2 aromatic carbocycles. The maximum atomic E-state index is 12.6. The van der Waals surface area contributed by atoms with Gasteiger partial charge in [0.05, 0.1) is 38.4 Å². The third-order valence-electron chi connectivity index (χ3n) is 4.81. The summed E-state index contributed by atoms with van der Waals surface area (Å²) in [4.78, 5) is 12.4. The molecule has 0 radical (unpaired) electrons. The molecule has 1 aromatic heterocycles. The lowest BCUT2D eigenvalue weighted by Gasteiger charge is -2.15. The van der Waals surface area contributed by atoms with Crippen molar-refractivity contribution in [1.29, 1.82) is 10.5 Å². The van der Waals surface area contributed by atoms with Crippen LogP contribution in [-0.4, -0.2) is 63.2 Å². The molecule has 0 saturated heterocycles. The summed E-state index contributed by atoms with van der Waals surface area (Å²) in [5.74, 6) is 0.555. The highest BCUT2D eigenvalue weighted by Gasteiger charge is 2.24. The van der Waals surface area contributed by atoms with Crippen molar-refractivity contribution >= 4 is 21.9 Å². The van der Waals surface area contributed by atoms with E-state index in [9.17, 15) is 13.2 Å². The molecule has 0 aliphatic carbocycles. The van der Waals surface area contributed by atoms with Gasteiger partial charge in [-0.25, -0.2) is 8.42 Å². The third-order valence-corrected chi connectivity index (χ3v) is 6.61. The van der Waals surface area contributed by atoms with Crippen molar-refractivity contribution in [3.8, 4) is 40.8 Å². The van der Waals surface area contributed by atoms with Gasteiger partial charge in [-0.3, -0.25) is 10.1 Å². The molecule has 3 aromatic rings. The molecule has 36 heavy (non-hydrogen) atoms. The van der Waals surface area contributed by atoms with E-state index < -0.39 is 29.0 Å². The topological polar surface area (TPSA) is 181 Å². The Morgan fingerprint density at radius 2 is 1.58 bits per heavy atom. The van der Waals surface area contributed by atoms with Crippen molar-refractivity contribution in [2.24, 2.45) is 0 Å². The number of methoxy groups -OCH3 is 3. The Labute approximate surface area is 206 Å². The summed E-state index contributed by atoms with van der Waals surface area (Å²) in [5, 5.41) is 27.8. The van der Waals surface area contributed by atoms with E-state index in [1.807, 2.05) is 0 Å². The molecule has 0 atom stereocenters. The molecule has 13 nitrogen and oxygen atoms in total. The number of hydrogen-bond acceptors (Lipinski definition) is 11. The van der Waals surface area contributed by atoms with E-state index in [1.54, 1.807) is 24.3 Å². The van der Waals surface area contributed by atoms with Crippen LogP contribution in [0.15, 0.2) is 45.7 Å². The average molecular weight is 513 g/mol. The predicted octanol–water partition coefficient (Wildman–Crippen LogP) is 2.05. The van der Waals surface area contributed by atoms with Crippen LogP contribution in [0.3, 0.4) is 0 Å². The lowest BCUT2D eigenvalue weighted by molar-refractivity contribution is 0.102. The summed E-state index contributed by atoms with van der Waals surface area (Å²) in [6.07, 6.45) is 0. The summed E-state index contributed by atoms with van der Waals surface area (Å²) < 4.78 is 47.4. The van der Waals surface area contributed by atoms with E-state index in [0.717, 1.165) is 4.31 Å². The SMILES string of the molecule is COc1cc(-c2nnc(NC(=O)c3ccc(S(=O)(=O)N(CC#N)CC#N)cc3)o2)cc(OC)c1OC. The van der Waals surface area contributed by atoms with Gasteiger partial charge in [-0.05, 0) is 36.4 Å². The highest BCUT2D eigenvalue weighted by atomic mass is 32.2. The fourth-order valence-corrected chi connectivity index (χ4v) is 4.31. The van der Waals surface area contributed by atoms with Crippen LogP contribution >= 0.6 is 0 Å². The molecule has 0 aliphatic heterocycles. The van der Waals surface area contributed by atoms with E-state index in [0.29, 0.717) is 22.8 Å². The minimum absolute atomic E-state index is 0.0704. The number of aromatic nitrogens is 2. The van der Waals surface area contributed by atoms with E-state index >= 15 is 0 Å². The third kappa shape index (κ3) is 5.35. The Hall–Kier alpha value is -4.66. The summed E-state index contributed by atoms with van der Waals surface area (Å²) in [7, 11) is 0.305. The molecule has 1 heterocycles. The van der Waals surface area contributed by atoms with Crippen LogP contribution < -0.4 is 19.5 Å². The molecule has 1 amide bonds. The molecule has 0 bridgehead atoms. The predicted molar refractivity (Wildman–Crippen MR) is 124 cm³/mol. The van der Waals surface area contributed by atoms with E-state index in [4.69, 9.17) is 29.2 Å². The number of carbonyl (C=O) groups excluding carboxylic acids is 1. The first kappa shape index (κ1) is 26.0. The second-order valence-electron chi connectivity index (χ2n) is 6.89. The number of carbonyl (C=O) groups is 1. The quantitative estimate of drug-likeness (QED) is 0.393. The molecule has 0 fully saturated rings. The first-order valence-corrected chi connectivity index (χ1v) is 11.5. The van der Waals surface area contributed by atoms with Gasteiger partial charge < -0.3 is 18.6 Å². The fourth-order valence-electron chi connectivity index (χ4n) is 3.08. The van der Waals surface area contributed by atoms with Crippen LogP contribution in [0, 0.1) is 22.7 Å². The Balaban J connectivity index is 1.79. The van der Waals surface area contributed by atoms with Crippen molar-refractivity contribution < 1.29 is 31.8 Å². The molecule has 14 heteroatoms. The zero-order chi connectivity index (χ0) is 26.3. The van der Waals surface area contributed by atoms with Crippen molar-refractivity contribution in [2.45, 2.75) is 4.90 Å². The number of rotatable bonds is 10. The van der Waals surface area contributed by atoms with Gasteiger partial charge in [0.15, 0.2) is 11.5 Å². The van der Waals surface area contributed by atoms with E-state index in [-0.39, 0.29) is 22.4 Å². The molecule has 0 spiro atoms. The van der Waals surface area contributed by atoms with Crippen LogP contribution in [0.5, 0.6) is 17.2 Å². The lowest BCUT2D eigenvalue weighted by Crippen LogP contribution is -2.31. The fraction of sp³-hybridized carbons (Fsp3) is 0.227. The van der Waals surface area contributed by atoms with Crippen LogP contribution in [0.1, 0.15) is 10.4 Å². The molecule has 3 rings (SSSR count). The smallest absolute Gasteiger partial charge is 0.322 e.